The first-order valence-corrected chi connectivity index (χ1v) is 10.3. The predicted octanol–water partition coefficient (Wildman–Crippen LogP) is 5.17. The van der Waals surface area contributed by atoms with Crippen molar-refractivity contribution in [1.29, 1.82) is 0 Å². The second-order valence-electron chi connectivity index (χ2n) is 8.18. The number of oxazole rings is 1. The molecule has 6 heteroatoms. The summed E-state index contributed by atoms with van der Waals surface area (Å²) in [5, 5.41) is 3.27. The van der Waals surface area contributed by atoms with Crippen molar-refractivity contribution in [2.24, 2.45) is 5.41 Å². The molecule has 0 saturated heterocycles. The third-order valence-corrected chi connectivity index (χ3v) is 6.41. The van der Waals surface area contributed by atoms with Crippen molar-refractivity contribution in [2.75, 3.05) is 0 Å². The van der Waals surface area contributed by atoms with Crippen molar-refractivity contribution in [1.82, 2.24) is 10.3 Å². The number of nitrogens with zero attached hydrogens (tertiary/aromatic N) is 1. The molecule has 1 aromatic carbocycles. The monoisotopic (exact) mass is 388 g/mol. The van der Waals surface area contributed by atoms with Crippen LogP contribution < -0.4 is 5.32 Å². The van der Waals surface area contributed by atoms with Crippen molar-refractivity contribution in [2.45, 2.75) is 70.3 Å². The number of aromatic nitrogens is 1. The maximum absolute atomic E-state index is 13.9. The van der Waals surface area contributed by atoms with Crippen LogP contribution in [0.3, 0.4) is 0 Å². The van der Waals surface area contributed by atoms with E-state index in [4.69, 9.17) is 4.42 Å². The summed E-state index contributed by atoms with van der Waals surface area (Å²) in [5.41, 5.74) is 0.472. The van der Waals surface area contributed by atoms with Gasteiger partial charge in [0.2, 0.25) is 5.91 Å². The molecule has 28 heavy (non-hydrogen) atoms. The van der Waals surface area contributed by atoms with Gasteiger partial charge in [0.05, 0.1) is 11.8 Å². The Labute approximate surface area is 163 Å². The summed E-state index contributed by atoms with van der Waals surface area (Å²) >= 11 is 0. The van der Waals surface area contributed by atoms with Crippen molar-refractivity contribution in [3.63, 3.8) is 0 Å². The Morgan fingerprint density at radius 3 is 2.68 bits per heavy atom. The summed E-state index contributed by atoms with van der Waals surface area (Å²) in [6, 6.07) is 3.60. The van der Waals surface area contributed by atoms with E-state index in [2.05, 4.69) is 10.3 Å². The average Bonchev–Trinajstić information content (AvgIpc) is 3.32. The largest absolute Gasteiger partial charge is 0.441 e. The molecule has 2 fully saturated rings. The van der Waals surface area contributed by atoms with Crippen LogP contribution >= 0.6 is 0 Å². The molecule has 150 valence electrons. The van der Waals surface area contributed by atoms with Crippen molar-refractivity contribution >= 4 is 5.91 Å². The number of halogens is 2. The summed E-state index contributed by atoms with van der Waals surface area (Å²) in [4.78, 5) is 16.6. The summed E-state index contributed by atoms with van der Waals surface area (Å²) in [6.07, 6.45) is 11.8. The van der Waals surface area contributed by atoms with E-state index >= 15 is 0 Å². The third-order valence-electron chi connectivity index (χ3n) is 6.41. The number of carbonyl (C=O) groups excluding carboxylic acids is 1. The quantitative estimate of drug-likeness (QED) is 0.769. The van der Waals surface area contributed by atoms with Crippen molar-refractivity contribution in [3.05, 3.63) is 41.9 Å². The maximum Gasteiger partial charge on any atom is 0.220 e. The third kappa shape index (κ3) is 3.96. The lowest BCUT2D eigenvalue weighted by atomic mass is 9.69. The van der Waals surface area contributed by atoms with Gasteiger partial charge in [-0.25, -0.2) is 13.8 Å². The fourth-order valence-corrected chi connectivity index (χ4v) is 4.94. The first-order chi connectivity index (χ1) is 13.6. The fourth-order valence-electron chi connectivity index (χ4n) is 4.94. The number of hydrogen-bond acceptors (Lipinski definition) is 3. The topological polar surface area (TPSA) is 55.1 Å². The van der Waals surface area contributed by atoms with Gasteiger partial charge < -0.3 is 9.73 Å². The van der Waals surface area contributed by atoms with Gasteiger partial charge in [0.15, 0.2) is 11.7 Å². The fraction of sp³-hybridized carbons (Fsp3) is 0.545. The zero-order valence-corrected chi connectivity index (χ0v) is 16.0. The first kappa shape index (κ1) is 19.1. The predicted molar refractivity (Wildman–Crippen MR) is 101 cm³/mol. The number of carbonyl (C=O) groups is 1. The molecule has 1 unspecified atom stereocenters. The number of benzene rings is 1. The van der Waals surface area contributed by atoms with E-state index in [1.807, 2.05) is 0 Å². The molecule has 0 bridgehead atoms. The minimum Gasteiger partial charge on any atom is -0.441 e. The van der Waals surface area contributed by atoms with E-state index in [0.717, 1.165) is 12.5 Å². The SMILES string of the molecule is O=C(CCc1ncc(-c2ccc(F)cc2F)o1)NC1CCCCC12CCCC2. The molecule has 1 N–H and O–H groups in total. The Morgan fingerprint density at radius 1 is 1.18 bits per heavy atom. The minimum atomic E-state index is -0.695. The summed E-state index contributed by atoms with van der Waals surface area (Å²) in [6.45, 7) is 0. The van der Waals surface area contributed by atoms with Gasteiger partial charge in [-0.3, -0.25) is 4.79 Å². The summed E-state index contributed by atoms with van der Waals surface area (Å²) in [7, 11) is 0. The second-order valence-corrected chi connectivity index (χ2v) is 8.18. The zero-order chi connectivity index (χ0) is 19.6. The van der Waals surface area contributed by atoms with Gasteiger partial charge in [-0.2, -0.15) is 0 Å². The molecule has 2 saturated carbocycles. The Kier molecular flexibility index (Phi) is 5.47. The van der Waals surface area contributed by atoms with E-state index in [9.17, 15) is 13.6 Å². The standard InChI is InChI=1S/C22H26F2N2O2/c23-15-6-7-16(17(24)13-15)18-14-25-21(28-18)9-8-20(27)26-19-5-1-2-10-22(19)11-3-4-12-22/h6-7,13-14,19H,1-5,8-12H2,(H,26,27). The Balaban J connectivity index is 1.34. The molecule has 1 amide bonds. The number of aryl methyl sites for hydroxylation is 1. The highest BCUT2D eigenvalue weighted by atomic mass is 19.1. The lowest BCUT2D eigenvalue weighted by molar-refractivity contribution is -0.123. The normalized spacial score (nSPS) is 21.1. The molecule has 2 aliphatic rings. The number of nitrogens with one attached hydrogen (secondary N) is 1. The molecule has 0 radical (unpaired) electrons. The number of hydrogen-bond donors (Lipinski definition) is 1. The highest BCUT2D eigenvalue weighted by molar-refractivity contribution is 5.76. The zero-order valence-electron chi connectivity index (χ0n) is 16.0. The lowest BCUT2D eigenvalue weighted by Crippen LogP contribution is -2.48. The van der Waals surface area contributed by atoms with Gasteiger partial charge in [-0.05, 0) is 43.2 Å². The summed E-state index contributed by atoms with van der Waals surface area (Å²) < 4.78 is 32.5. The number of amides is 1. The highest BCUT2D eigenvalue weighted by Gasteiger charge is 2.43. The van der Waals surface area contributed by atoms with Crippen LogP contribution in [0.1, 0.15) is 63.7 Å². The van der Waals surface area contributed by atoms with Crippen LogP contribution in [0.5, 0.6) is 0 Å². The smallest absolute Gasteiger partial charge is 0.220 e. The molecule has 1 aromatic heterocycles. The van der Waals surface area contributed by atoms with Crippen LogP contribution in [0.25, 0.3) is 11.3 Å². The molecular formula is C22H26F2N2O2. The van der Waals surface area contributed by atoms with Gasteiger partial charge >= 0.3 is 0 Å². The molecule has 4 rings (SSSR count). The van der Waals surface area contributed by atoms with E-state index < -0.39 is 11.6 Å². The van der Waals surface area contributed by atoms with Crippen molar-refractivity contribution < 1.29 is 18.0 Å². The molecular weight excluding hydrogens is 362 g/mol. The van der Waals surface area contributed by atoms with Crippen LogP contribution in [-0.4, -0.2) is 16.9 Å². The van der Waals surface area contributed by atoms with Gasteiger partial charge in [0.1, 0.15) is 11.6 Å². The van der Waals surface area contributed by atoms with Gasteiger partial charge in [0.25, 0.3) is 0 Å². The molecule has 2 aliphatic carbocycles. The lowest BCUT2D eigenvalue weighted by Gasteiger charge is -2.42. The molecule has 4 nitrogen and oxygen atoms in total. The van der Waals surface area contributed by atoms with Crippen LogP contribution in [0.2, 0.25) is 0 Å². The van der Waals surface area contributed by atoms with Gasteiger partial charge in [-0.1, -0.05) is 25.7 Å². The van der Waals surface area contributed by atoms with E-state index in [-0.39, 0.29) is 23.3 Å². The molecule has 0 aliphatic heterocycles. The Bertz CT molecular complexity index is 843. The highest BCUT2D eigenvalue weighted by Crippen LogP contribution is 2.49. The molecule has 2 aromatic rings. The van der Waals surface area contributed by atoms with Crippen LogP contribution in [0.15, 0.2) is 28.8 Å². The molecule has 1 heterocycles. The van der Waals surface area contributed by atoms with Gasteiger partial charge in [0, 0.05) is 24.9 Å². The number of rotatable bonds is 5. The van der Waals surface area contributed by atoms with Crippen LogP contribution in [-0.2, 0) is 11.2 Å². The van der Waals surface area contributed by atoms with Crippen LogP contribution in [0, 0.1) is 17.0 Å². The Hall–Kier alpha value is -2.24. The molecule has 1 spiro atoms. The van der Waals surface area contributed by atoms with Crippen molar-refractivity contribution in [3.8, 4) is 11.3 Å². The Morgan fingerprint density at radius 2 is 1.93 bits per heavy atom. The minimum absolute atomic E-state index is 0.0193. The van der Waals surface area contributed by atoms with E-state index in [1.165, 1.54) is 63.3 Å². The summed E-state index contributed by atoms with van der Waals surface area (Å²) in [5.74, 6) is -0.691. The van der Waals surface area contributed by atoms with Gasteiger partial charge in [-0.15, -0.1) is 0 Å². The van der Waals surface area contributed by atoms with E-state index in [1.54, 1.807) is 0 Å². The van der Waals surface area contributed by atoms with E-state index in [0.29, 0.717) is 24.1 Å². The molecule has 1 atom stereocenters. The maximum atomic E-state index is 13.9. The van der Waals surface area contributed by atoms with Crippen LogP contribution in [0.4, 0.5) is 8.78 Å². The second kappa shape index (κ2) is 8.02. The average molecular weight is 388 g/mol. The first-order valence-electron chi connectivity index (χ1n) is 10.3.